The van der Waals surface area contributed by atoms with Gasteiger partial charge in [-0.05, 0) is 18.6 Å². The Morgan fingerprint density at radius 2 is 1.86 bits per heavy atom. The Hall–Kier alpha value is -2.53. The van der Waals surface area contributed by atoms with Gasteiger partial charge < -0.3 is 5.32 Å². The van der Waals surface area contributed by atoms with Crippen LogP contribution in [0.2, 0.25) is 0 Å². The number of benzene rings is 1. The maximum atomic E-state index is 4.29. The molecule has 0 aliphatic carbocycles. The summed E-state index contributed by atoms with van der Waals surface area (Å²) < 4.78 is 0. The predicted molar refractivity (Wildman–Crippen MR) is 81.3 cm³/mol. The predicted octanol–water partition coefficient (Wildman–Crippen LogP) is 2.46. The average molecular weight is 279 g/mol. The van der Waals surface area contributed by atoms with Crippen molar-refractivity contribution in [3.05, 3.63) is 65.6 Å². The van der Waals surface area contributed by atoms with Crippen LogP contribution in [0.15, 0.2) is 48.7 Å². The van der Waals surface area contributed by atoms with E-state index in [4.69, 9.17) is 0 Å². The summed E-state index contributed by atoms with van der Waals surface area (Å²) in [5.74, 6) is 0. The first kappa shape index (κ1) is 13.5. The molecule has 3 aromatic rings. The van der Waals surface area contributed by atoms with Crippen LogP contribution in [0.4, 0.5) is 0 Å². The minimum atomic E-state index is 0.661. The molecule has 0 amide bonds. The highest BCUT2D eigenvalue weighted by Gasteiger charge is 2.09. The van der Waals surface area contributed by atoms with E-state index in [9.17, 15) is 0 Å². The van der Waals surface area contributed by atoms with Crippen molar-refractivity contribution in [3.8, 4) is 11.3 Å². The molecule has 0 aliphatic heterocycles. The molecule has 5 nitrogen and oxygen atoms in total. The smallest absolute Gasteiger partial charge is 0.117 e. The molecule has 0 radical (unpaired) electrons. The van der Waals surface area contributed by atoms with E-state index < -0.39 is 0 Å². The lowest BCUT2D eigenvalue weighted by Gasteiger charge is -2.04. The maximum absolute atomic E-state index is 4.29. The van der Waals surface area contributed by atoms with Gasteiger partial charge >= 0.3 is 0 Å². The second kappa shape index (κ2) is 6.28. The topological polar surface area (TPSA) is 66.5 Å². The third-order valence-electron chi connectivity index (χ3n) is 3.26. The summed E-state index contributed by atoms with van der Waals surface area (Å²) in [6.07, 6.45) is 1.89. The van der Waals surface area contributed by atoms with Gasteiger partial charge in [0.1, 0.15) is 11.4 Å². The standard InChI is InChI=1S/C16H17N5/c1-12-7-8-13(10-18-12)9-17-11-15-16(20-21-19-15)14-5-3-2-4-6-14/h2-8,10,17H,9,11H2,1H3,(H,19,20,21). The summed E-state index contributed by atoms with van der Waals surface area (Å²) in [5, 5.41) is 14.5. The number of H-pyrrole nitrogens is 1. The Bertz CT molecular complexity index is 688. The van der Waals surface area contributed by atoms with Crippen LogP contribution < -0.4 is 5.32 Å². The van der Waals surface area contributed by atoms with Gasteiger partial charge in [-0.25, -0.2) is 0 Å². The highest BCUT2D eigenvalue weighted by Crippen LogP contribution is 2.18. The zero-order valence-electron chi connectivity index (χ0n) is 11.9. The van der Waals surface area contributed by atoms with Crippen LogP contribution in [-0.2, 0) is 13.1 Å². The van der Waals surface area contributed by atoms with Crippen molar-refractivity contribution in [2.45, 2.75) is 20.0 Å². The van der Waals surface area contributed by atoms with Crippen molar-refractivity contribution in [2.75, 3.05) is 0 Å². The zero-order chi connectivity index (χ0) is 14.5. The van der Waals surface area contributed by atoms with Crippen LogP contribution in [0, 0.1) is 6.92 Å². The van der Waals surface area contributed by atoms with E-state index in [1.807, 2.05) is 49.5 Å². The number of rotatable bonds is 5. The first-order valence-corrected chi connectivity index (χ1v) is 6.90. The van der Waals surface area contributed by atoms with Gasteiger partial charge in [-0.15, -0.1) is 0 Å². The molecule has 3 rings (SSSR count). The molecule has 2 N–H and O–H groups in total. The molecule has 21 heavy (non-hydrogen) atoms. The molecule has 0 saturated heterocycles. The average Bonchev–Trinajstić information content (AvgIpc) is 2.99. The van der Waals surface area contributed by atoms with E-state index in [-0.39, 0.29) is 0 Å². The number of hydrogen-bond donors (Lipinski definition) is 2. The summed E-state index contributed by atoms with van der Waals surface area (Å²) in [7, 11) is 0. The number of aromatic amines is 1. The Kier molecular flexibility index (Phi) is 4.02. The number of nitrogens with zero attached hydrogens (tertiary/aromatic N) is 3. The molecule has 0 unspecified atom stereocenters. The molecular formula is C16H17N5. The lowest BCUT2D eigenvalue weighted by Crippen LogP contribution is -2.13. The zero-order valence-corrected chi connectivity index (χ0v) is 11.9. The molecule has 5 heteroatoms. The molecule has 2 heterocycles. The summed E-state index contributed by atoms with van der Waals surface area (Å²) in [5.41, 5.74) is 5.07. The third kappa shape index (κ3) is 3.32. The van der Waals surface area contributed by atoms with Gasteiger partial charge in [0.05, 0.1) is 0 Å². The highest BCUT2D eigenvalue weighted by atomic mass is 15.3. The van der Waals surface area contributed by atoms with Crippen LogP contribution in [0.1, 0.15) is 17.0 Å². The maximum Gasteiger partial charge on any atom is 0.117 e. The minimum absolute atomic E-state index is 0.661. The third-order valence-corrected chi connectivity index (χ3v) is 3.26. The Morgan fingerprint density at radius 3 is 2.62 bits per heavy atom. The minimum Gasteiger partial charge on any atom is -0.307 e. The van der Waals surface area contributed by atoms with Crippen molar-refractivity contribution < 1.29 is 0 Å². The molecule has 0 fully saturated rings. The number of hydrogen-bond acceptors (Lipinski definition) is 4. The quantitative estimate of drug-likeness (QED) is 0.753. The van der Waals surface area contributed by atoms with Gasteiger partial charge in [-0.1, -0.05) is 36.4 Å². The van der Waals surface area contributed by atoms with Gasteiger partial charge in [0, 0.05) is 30.5 Å². The lowest BCUT2D eigenvalue weighted by molar-refractivity contribution is 0.676. The molecule has 0 saturated carbocycles. The fraction of sp³-hybridized carbons (Fsp3) is 0.188. The van der Waals surface area contributed by atoms with Gasteiger partial charge in [-0.2, -0.15) is 15.4 Å². The van der Waals surface area contributed by atoms with Crippen molar-refractivity contribution >= 4 is 0 Å². The van der Waals surface area contributed by atoms with E-state index in [0.29, 0.717) is 6.54 Å². The first-order valence-electron chi connectivity index (χ1n) is 6.90. The number of nitrogens with one attached hydrogen (secondary N) is 2. The number of pyridine rings is 1. The molecule has 2 aromatic heterocycles. The SMILES string of the molecule is Cc1ccc(CNCc2n[nH]nc2-c2ccccc2)cn1. The normalized spacial score (nSPS) is 10.7. The van der Waals surface area contributed by atoms with Crippen LogP contribution >= 0.6 is 0 Å². The Morgan fingerprint density at radius 1 is 1.00 bits per heavy atom. The largest absolute Gasteiger partial charge is 0.307 e. The van der Waals surface area contributed by atoms with Crippen LogP contribution in [-0.4, -0.2) is 20.4 Å². The van der Waals surface area contributed by atoms with E-state index in [1.54, 1.807) is 0 Å². The lowest BCUT2D eigenvalue weighted by atomic mass is 10.1. The van der Waals surface area contributed by atoms with Crippen molar-refractivity contribution in [3.63, 3.8) is 0 Å². The Balaban J connectivity index is 1.64. The van der Waals surface area contributed by atoms with Crippen molar-refractivity contribution in [1.29, 1.82) is 0 Å². The molecule has 0 bridgehead atoms. The van der Waals surface area contributed by atoms with E-state index >= 15 is 0 Å². The molecule has 0 spiro atoms. The van der Waals surface area contributed by atoms with Crippen LogP contribution in [0.25, 0.3) is 11.3 Å². The summed E-state index contributed by atoms with van der Waals surface area (Å²) in [4.78, 5) is 4.29. The second-order valence-electron chi connectivity index (χ2n) is 4.90. The van der Waals surface area contributed by atoms with Gasteiger partial charge in [0.15, 0.2) is 0 Å². The number of aryl methyl sites for hydroxylation is 1. The summed E-state index contributed by atoms with van der Waals surface area (Å²) in [6.45, 7) is 3.40. The Labute approximate surface area is 123 Å². The second-order valence-corrected chi connectivity index (χ2v) is 4.90. The monoisotopic (exact) mass is 279 g/mol. The van der Waals surface area contributed by atoms with Crippen molar-refractivity contribution in [2.24, 2.45) is 0 Å². The van der Waals surface area contributed by atoms with Crippen LogP contribution in [0.5, 0.6) is 0 Å². The molecular weight excluding hydrogens is 262 g/mol. The summed E-state index contributed by atoms with van der Waals surface area (Å²) in [6, 6.07) is 14.2. The first-order chi connectivity index (χ1) is 10.3. The highest BCUT2D eigenvalue weighted by molar-refractivity contribution is 5.60. The van der Waals surface area contributed by atoms with E-state index in [1.165, 1.54) is 0 Å². The molecule has 106 valence electrons. The molecule has 0 atom stereocenters. The fourth-order valence-electron chi connectivity index (χ4n) is 2.13. The molecule has 0 aliphatic rings. The van der Waals surface area contributed by atoms with Gasteiger partial charge in [-0.3, -0.25) is 4.98 Å². The summed E-state index contributed by atoms with van der Waals surface area (Å²) >= 11 is 0. The van der Waals surface area contributed by atoms with Crippen molar-refractivity contribution in [1.82, 2.24) is 25.7 Å². The van der Waals surface area contributed by atoms with Gasteiger partial charge in [0.2, 0.25) is 0 Å². The van der Waals surface area contributed by atoms with Gasteiger partial charge in [0.25, 0.3) is 0 Å². The van der Waals surface area contributed by atoms with E-state index in [0.717, 1.165) is 34.8 Å². The fourth-order valence-corrected chi connectivity index (χ4v) is 2.13. The number of aromatic nitrogens is 4. The van der Waals surface area contributed by atoms with E-state index in [2.05, 4.69) is 31.8 Å². The molecule has 1 aromatic carbocycles. The van der Waals surface area contributed by atoms with Crippen LogP contribution in [0.3, 0.4) is 0 Å².